The van der Waals surface area contributed by atoms with Crippen LogP contribution in [0.2, 0.25) is 0 Å². The van der Waals surface area contributed by atoms with Crippen molar-refractivity contribution in [3.8, 4) is 0 Å². The highest BCUT2D eigenvalue weighted by Gasteiger charge is 2.24. The number of rotatable bonds is 6. The lowest BCUT2D eigenvalue weighted by molar-refractivity contribution is 0.251. The molecule has 1 rings (SSSR count). The molecule has 0 radical (unpaired) electrons. The number of nitrogen functional groups attached to an aromatic ring is 1. The van der Waals surface area contributed by atoms with Crippen molar-refractivity contribution in [3.05, 3.63) is 11.9 Å². The average molecular weight is 281 g/mol. The van der Waals surface area contributed by atoms with E-state index < -0.39 is 0 Å². The molecule has 0 saturated heterocycles. The van der Waals surface area contributed by atoms with Gasteiger partial charge in [-0.2, -0.15) is 0 Å². The Morgan fingerprint density at radius 3 is 2.25 bits per heavy atom. The van der Waals surface area contributed by atoms with Crippen molar-refractivity contribution in [2.45, 2.75) is 58.4 Å². The summed E-state index contributed by atoms with van der Waals surface area (Å²) in [7, 11) is 0. The smallest absolute Gasteiger partial charge is 0.145 e. The minimum atomic E-state index is -0.204. The molecule has 0 aliphatic carbocycles. The molecular formula is C14H27N5O. The minimum Gasteiger partial charge on any atom is -0.396 e. The maximum Gasteiger partial charge on any atom is 0.145 e. The molecule has 5 N–H and O–H groups in total. The Bertz CT molecular complexity index is 444. The van der Waals surface area contributed by atoms with Gasteiger partial charge in [0.15, 0.2) is 0 Å². The van der Waals surface area contributed by atoms with Gasteiger partial charge in [0.2, 0.25) is 0 Å². The van der Waals surface area contributed by atoms with E-state index in [-0.39, 0.29) is 17.6 Å². The Labute approximate surface area is 121 Å². The maximum atomic E-state index is 9.19. The molecule has 1 atom stereocenters. The molecule has 0 fully saturated rings. The normalized spacial score (nSPS) is 14.8. The highest BCUT2D eigenvalue weighted by atomic mass is 16.3. The van der Waals surface area contributed by atoms with Crippen LogP contribution in [0.1, 0.15) is 53.3 Å². The molecule has 0 amide bonds. The van der Waals surface area contributed by atoms with Gasteiger partial charge in [0.25, 0.3) is 0 Å². The van der Waals surface area contributed by atoms with E-state index in [1.807, 2.05) is 0 Å². The van der Waals surface area contributed by atoms with Crippen LogP contribution >= 0.6 is 0 Å². The summed E-state index contributed by atoms with van der Waals surface area (Å²) in [5, 5.41) is 12.6. The Morgan fingerprint density at radius 1 is 1.20 bits per heavy atom. The number of hydrogen-bond donors (Lipinski definition) is 4. The molecule has 0 saturated carbocycles. The van der Waals surface area contributed by atoms with Crippen molar-refractivity contribution in [1.29, 1.82) is 0 Å². The SMILES string of the molecule is CCC(C)(CCO)Nc1cc(NN)nc(C(C)(C)C)n1. The summed E-state index contributed by atoms with van der Waals surface area (Å²) in [5.41, 5.74) is 2.21. The first-order valence-electron chi connectivity index (χ1n) is 6.99. The molecule has 114 valence electrons. The number of nitrogens with zero attached hydrogens (tertiary/aromatic N) is 2. The number of hydrogen-bond acceptors (Lipinski definition) is 6. The monoisotopic (exact) mass is 281 g/mol. The van der Waals surface area contributed by atoms with Gasteiger partial charge in [-0.25, -0.2) is 15.8 Å². The zero-order valence-corrected chi connectivity index (χ0v) is 13.1. The van der Waals surface area contributed by atoms with Gasteiger partial charge in [-0.05, 0) is 19.8 Å². The van der Waals surface area contributed by atoms with Crippen LogP contribution < -0.4 is 16.6 Å². The average Bonchev–Trinajstić information content (AvgIpc) is 2.37. The Balaban J connectivity index is 3.11. The third-order valence-electron chi connectivity index (χ3n) is 3.42. The van der Waals surface area contributed by atoms with Gasteiger partial charge in [-0.3, -0.25) is 0 Å². The first-order valence-corrected chi connectivity index (χ1v) is 6.99. The lowest BCUT2D eigenvalue weighted by Crippen LogP contribution is -2.36. The molecule has 0 aromatic carbocycles. The minimum absolute atomic E-state index is 0.135. The fourth-order valence-electron chi connectivity index (χ4n) is 1.80. The topological polar surface area (TPSA) is 96.1 Å². The summed E-state index contributed by atoms with van der Waals surface area (Å²) in [6.45, 7) is 10.4. The van der Waals surface area contributed by atoms with Crippen molar-refractivity contribution in [2.75, 3.05) is 17.3 Å². The molecule has 6 nitrogen and oxygen atoms in total. The molecule has 0 spiro atoms. The summed E-state index contributed by atoms with van der Waals surface area (Å²) in [6, 6.07) is 1.78. The Kier molecular flexibility index (Phi) is 5.30. The number of aromatic nitrogens is 2. The fraction of sp³-hybridized carbons (Fsp3) is 0.714. The van der Waals surface area contributed by atoms with Crippen molar-refractivity contribution in [1.82, 2.24) is 9.97 Å². The first-order chi connectivity index (χ1) is 9.24. The zero-order valence-electron chi connectivity index (χ0n) is 13.1. The summed E-state index contributed by atoms with van der Waals surface area (Å²) < 4.78 is 0. The second-order valence-corrected chi connectivity index (χ2v) is 6.37. The van der Waals surface area contributed by atoms with E-state index >= 15 is 0 Å². The summed E-state index contributed by atoms with van der Waals surface area (Å²) >= 11 is 0. The second-order valence-electron chi connectivity index (χ2n) is 6.37. The Hall–Kier alpha value is -1.40. The van der Waals surface area contributed by atoms with E-state index in [2.05, 4.69) is 55.3 Å². The molecule has 1 aromatic heterocycles. The van der Waals surface area contributed by atoms with Crippen LogP contribution in [0.5, 0.6) is 0 Å². The van der Waals surface area contributed by atoms with E-state index in [0.29, 0.717) is 12.2 Å². The molecule has 0 aliphatic heterocycles. The number of nitrogens with two attached hydrogens (primary N) is 1. The largest absolute Gasteiger partial charge is 0.396 e. The van der Waals surface area contributed by atoms with Gasteiger partial charge < -0.3 is 15.8 Å². The molecule has 1 aromatic rings. The van der Waals surface area contributed by atoms with Gasteiger partial charge >= 0.3 is 0 Å². The quantitative estimate of drug-likeness (QED) is 0.470. The molecular weight excluding hydrogens is 254 g/mol. The van der Waals surface area contributed by atoms with E-state index in [1.54, 1.807) is 6.07 Å². The van der Waals surface area contributed by atoms with Crippen LogP contribution in [0.4, 0.5) is 11.6 Å². The lowest BCUT2D eigenvalue weighted by Gasteiger charge is -2.30. The van der Waals surface area contributed by atoms with Crippen molar-refractivity contribution >= 4 is 11.6 Å². The summed E-state index contributed by atoms with van der Waals surface area (Å²) in [4.78, 5) is 8.96. The number of nitrogens with one attached hydrogen (secondary N) is 2. The van der Waals surface area contributed by atoms with Crippen LogP contribution in [0.25, 0.3) is 0 Å². The number of hydrazine groups is 1. The second kappa shape index (κ2) is 6.37. The number of aliphatic hydroxyl groups excluding tert-OH is 1. The fourth-order valence-corrected chi connectivity index (χ4v) is 1.80. The highest BCUT2D eigenvalue weighted by molar-refractivity contribution is 5.48. The van der Waals surface area contributed by atoms with Gasteiger partial charge in [0.1, 0.15) is 17.5 Å². The van der Waals surface area contributed by atoms with Crippen molar-refractivity contribution in [3.63, 3.8) is 0 Å². The van der Waals surface area contributed by atoms with Crippen molar-refractivity contribution < 1.29 is 5.11 Å². The van der Waals surface area contributed by atoms with Crippen LogP contribution in [0.3, 0.4) is 0 Å². The lowest BCUT2D eigenvalue weighted by atomic mass is 9.94. The molecule has 0 bridgehead atoms. The number of anilines is 2. The van der Waals surface area contributed by atoms with Gasteiger partial charge in [0.05, 0.1) is 0 Å². The third-order valence-corrected chi connectivity index (χ3v) is 3.42. The van der Waals surface area contributed by atoms with E-state index in [1.165, 1.54) is 0 Å². The molecule has 6 heteroatoms. The van der Waals surface area contributed by atoms with Gasteiger partial charge in [-0.15, -0.1) is 0 Å². The highest BCUT2D eigenvalue weighted by Crippen LogP contribution is 2.25. The summed E-state index contributed by atoms with van der Waals surface area (Å²) in [5.74, 6) is 7.49. The van der Waals surface area contributed by atoms with Crippen LogP contribution in [-0.4, -0.2) is 27.2 Å². The predicted octanol–water partition coefficient (Wildman–Crippen LogP) is 2.02. The maximum absolute atomic E-state index is 9.19. The van der Waals surface area contributed by atoms with Gasteiger partial charge in [0, 0.05) is 23.6 Å². The zero-order chi connectivity index (χ0) is 15.4. The third kappa shape index (κ3) is 4.31. The molecule has 1 unspecified atom stereocenters. The van der Waals surface area contributed by atoms with Crippen LogP contribution in [0, 0.1) is 0 Å². The van der Waals surface area contributed by atoms with E-state index in [0.717, 1.165) is 18.1 Å². The first kappa shape index (κ1) is 16.7. The van der Waals surface area contributed by atoms with E-state index in [9.17, 15) is 5.11 Å². The Morgan fingerprint density at radius 2 is 1.80 bits per heavy atom. The van der Waals surface area contributed by atoms with Crippen LogP contribution in [0.15, 0.2) is 6.07 Å². The van der Waals surface area contributed by atoms with Crippen LogP contribution in [-0.2, 0) is 5.41 Å². The van der Waals surface area contributed by atoms with Gasteiger partial charge in [-0.1, -0.05) is 27.7 Å². The standard InChI is InChI=1S/C14H27N5O/c1-6-14(5,7-8-20)18-10-9-11(19-15)17-12(16-10)13(2,3)4/h9,20H,6-8,15H2,1-5H3,(H2,16,17,18,19). The summed E-state index contributed by atoms with van der Waals surface area (Å²) in [6.07, 6.45) is 1.54. The van der Waals surface area contributed by atoms with E-state index in [4.69, 9.17) is 5.84 Å². The number of aliphatic hydroxyl groups is 1. The molecule has 0 aliphatic rings. The molecule has 1 heterocycles. The van der Waals surface area contributed by atoms with Crippen molar-refractivity contribution in [2.24, 2.45) is 5.84 Å². The predicted molar refractivity (Wildman–Crippen MR) is 82.6 cm³/mol. The molecule has 20 heavy (non-hydrogen) atoms.